The van der Waals surface area contributed by atoms with E-state index in [9.17, 15) is 4.79 Å². The van der Waals surface area contributed by atoms with Gasteiger partial charge in [0.1, 0.15) is 18.5 Å². The van der Waals surface area contributed by atoms with E-state index < -0.39 is 0 Å². The van der Waals surface area contributed by atoms with Crippen molar-refractivity contribution in [1.29, 1.82) is 0 Å². The fraction of sp³-hybridized carbons (Fsp3) is 0.500. The van der Waals surface area contributed by atoms with Gasteiger partial charge in [0.15, 0.2) is 0 Å². The lowest BCUT2D eigenvalue weighted by Crippen LogP contribution is -2.08. The van der Waals surface area contributed by atoms with E-state index in [0.717, 1.165) is 29.7 Å². The molecule has 0 saturated carbocycles. The van der Waals surface area contributed by atoms with Crippen LogP contribution in [0.25, 0.3) is 0 Å². The second kappa shape index (κ2) is 13.8. The lowest BCUT2D eigenvalue weighted by Gasteiger charge is -2.14. The lowest BCUT2D eigenvalue weighted by atomic mass is 10.1. The first-order valence-electron chi connectivity index (χ1n) is 11.1. The van der Waals surface area contributed by atoms with Gasteiger partial charge in [-0.15, -0.1) is 0 Å². The van der Waals surface area contributed by atoms with Crippen LogP contribution in [-0.4, -0.2) is 5.97 Å². The van der Waals surface area contributed by atoms with Gasteiger partial charge in [-0.25, -0.2) is 0 Å². The molecule has 0 amide bonds. The van der Waals surface area contributed by atoms with Crippen LogP contribution in [0.2, 0.25) is 0 Å². The standard InChI is InChI=1S/C26H36O3/c1-3-4-5-6-7-8-9-13-16-26(27)29-22(2)24-17-19-25(20-18-24)28-21-23-14-11-10-12-15-23/h10-12,14-15,17-20,22H,3-9,13,16,21H2,1-2H3. The zero-order valence-corrected chi connectivity index (χ0v) is 18.1. The minimum Gasteiger partial charge on any atom is -0.489 e. The second-order valence-corrected chi connectivity index (χ2v) is 7.70. The highest BCUT2D eigenvalue weighted by molar-refractivity contribution is 5.69. The van der Waals surface area contributed by atoms with E-state index >= 15 is 0 Å². The normalized spacial score (nSPS) is 11.8. The van der Waals surface area contributed by atoms with Crippen LogP contribution in [0.1, 0.15) is 88.9 Å². The van der Waals surface area contributed by atoms with Crippen molar-refractivity contribution in [2.45, 2.75) is 84.3 Å². The van der Waals surface area contributed by atoms with Gasteiger partial charge in [-0.2, -0.15) is 0 Å². The van der Waals surface area contributed by atoms with Gasteiger partial charge in [-0.1, -0.05) is 94.3 Å². The number of hydrogen-bond acceptors (Lipinski definition) is 3. The molecule has 0 spiro atoms. The Morgan fingerprint density at radius 2 is 1.45 bits per heavy atom. The predicted molar refractivity (Wildman–Crippen MR) is 119 cm³/mol. The van der Waals surface area contributed by atoms with Crippen LogP contribution in [0.4, 0.5) is 0 Å². The van der Waals surface area contributed by atoms with Crippen molar-refractivity contribution in [1.82, 2.24) is 0 Å². The van der Waals surface area contributed by atoms with E-state index in [1.807, 2.05) is 61.5 Å². The number of unbranched alkanes of at least 4 members (excludes halogenated alkanes) is 7. The minimum absolute atomic E-state index is 0.104. The van der Waals surface area contributed by atoms with Crippen molar-refractivity contribution in [3.8, 4) is 5.75 Å². The third kappa shape index (κ3) is 9.65. The Kier molecular flexibility index (Phi) is 11.0. The fourth-order valence-corrected chi connectivity index (χ4v) is 3.30. The van der Waals surface area contributed by atoms with E-state index in [1.54, 1.807) is 0 Å². The SMILES string of the molecule is CCCCCCCCCCC(=O)OC(C)c1ccc(OCc2ccccc2)cc1. The van der Waals surface area contributed by atoms with Crippen molar-refractivity contribution in [2.24, 2.45) is 0 Å². The molecule has 0 aliphatic heterocycles. The van der Waals surface area contributed by atoms with Gasteiger partial charge in [0.2, 0.25) is 0 Å². The van der Waals surface area contributed by atoms with Gasteiger partial charge in [-0.05, 0) is 36.6 Å². The summed E-state index contributed by atoms with van der Waals surface area (Å²) in [5.41, 5.74) is 2.13. The molecule has 0 bridgehead atoms. The van der Waals surface area contributed by atoms with Crippen molar-refractivity contribution in [3.05, 3.63) is 65.7 Å². The van der Waals surface area contributed by atoms with Gasteiger partial charge in [0, 0.05) is 6.42 Å². The van der Waals surface area contributed by atoms with Gasteiger partial charge in [0.05, 0.1) is 0 Å². The number of carbonyl (C=O) groups is 1. The maximum Gasteiger partial charge on any atom is 0.306 e. The number of carbonyl (C=O) groups excluding carboxylic acids is 1. The summed E-state index contributed by atoms with van der Waals surface area (Å²) in [6.07, 6.45) is 10.1. The molecule has 2 aromatic rings. The maximum absolute atomic E-state index is 12.1. The Bertz CT molecular complexity index is 679. The summed E-state index contributed by atoms with van der Waals surface area (Å²) in [6, 6.07) is 17.9. The van der Waals surface area contributed by atoms with Crippen LogP contribution in [0.5, 0.6) is 5.75 Å². The average Bonchev–Trinajstić information content (AvgIpc) is 2.75. The number of ether oxygens (including phenoxy) is 2. The van der Waals surface area contributed by atoms with Crippen LogP contribution in [0, 0.1) is 0 Å². The Hall–Kier alpha value is -2.29. The minimum atomic E-state index is -0.236. The molecular weight excluding hydrogens is 360 g/mol. The summed E-state index contributed by atoms with van der Waals surface area (Å²) in [4.78, 5) is 12.1. The molecule has 0 N–H and O–H groups in total. The van der Waals surface area contributed by atoms with Crippen LogP contribution in [0.15, 0.2) is 54.6 Å². The Balaban J connectivity index is 1.62. The zero-order chi connectivity index (χ0) is 20.7. The van der Waals surface area contributed by atoms with E-state index in [4.69, 9.17) is 9.47 Å². The summed E-state index contributed by atoms with van der Waals surface area (Å²) in [5.74, 6) is 0.711. The van der Waals surface area contributed by atoms with Crippen molar-refractivity contribution >= 4 is 5.97 Å². The molecule has 1 atom stereocenters. The highest BCUT2D eigenvalue weighted by Gasteiger charge is 2.11. The molecule has 0 aliphatic rings. The molecule has 158 valence electrons. The average molecular weight is 397 g/mol. The van der Waals surface area contributed by atoms with E-state index in [2.05, 4.69) is 6.92 Å². The van der Waals surface area contributed by atoms with Crippen molar-refractivity contribution in [3.63, 3.8) is 0 Å². The molecule has 0 saturated heterocycles. The summed E-state index contributed by atoms with van der Waals surface area (Å²) in [5, 5.41) is 0. The Morgan fingerprint density at radius 1 is 0.828 bits per heavy atom. The van der Waals surface area contributed by atoms with Crippen LogP contribution in [-0.2, 0) is 16.1 Å². The third-order valence-electron chi connectivity index (χ3n) is 5.14. The van der Waals surface area contributed by atoms with Gasteiger partial charge < -0.3 is 9.47 Å². The molecule has 0 heterocycles. The number of hydrogen-bond donors (Lipinski definition) is 0. The van der Waals surface area contributed by atoms with Crippen LogP contribution >= 0.6 is 0 Å². The first-order chi connectivity index (χ1) is 14.2. The topological polar surface area (TPSA) is 35.5 Å². The quantitative estimate of drug-likeness (QED) is 0.246. The molecule has 0 fully saturated rings. The Labute approximate surface area is 176 Å². The fourth-order valence-electron chi connectivity index (χ4n) is 3.30. The molecular formula is C26H36O3. The number of rotatable bonds is 14. The number of esters is 1. The Morgan fingerprint density at radius 3 is 2.10 bits per heavy atom. The predicted octanol–water partition coefficient (Wildman–Crippen LogP) is 7.40. The molecule has 0 aliphatic carbocycles. The number of benzene rings is 2. The molecule has 2 rings (SSSR count). The van der Waals surface area contributed by atoms with Gasteiger partial charge >= 0.3 is 5.97 Å². The molecule has 3 heteroatoms. The second-order valence-electron chi connectivity index (χ2n) is 7.70. The maximum atomic E-state index is 12.1. The monoisotopic (exact) mass is 396 g/mol. The van der Waals surface area contributed by atoms with E-state index in [1.165, 1.54) is 38.5 Å². The van der Waals surface area contributed by atoms with E-state index in [0.29, 0.717) is 13.0 Å². The summed E-state index contributed by atoms with van der Waals surface area (Å²) >= 11 is 0. The van der Waals surface area contributed by atoms with E-state index in [-0.39, 0.29) is 12.1 Å². The van der Waals surface area contributed by atoms with Gasteiger partial charge in [0.25, 0.3) is 0 Å². The molecule has 3 nitrogen and oxygen atoms in total. The zero-order valence-electron chi connectivity index (χ0n) is 18.1. The lowest BCUT2D eigenvalue weighted by molar-refractivity contribution is -0.148. The van der Waals surface area contributed by atoms with Crippen LogP contribution in [0.3, 0.4) is 0 Å². The first kappa shape index (κ1) is 23.0. The molecule has 29 heavy (non-hydrogen) atoms. The summed E-state index contributed by atoms with van der Waals surface area (Å²) < 4.78 is 11.4. The largest absolute Gasteiger partial charge is 0.489 e. The van der Waals surface area contributed by atoms with Crippen LogP contribution < -0.4 is 4.74 Å². The summed E-state index contributed by atoms with van der Waals surface area (Å²) in [6.45, 7) is 4.70. The van der Waals surface area contributed by atoms with Crippen molar-refractivity contribution < 1.29 is 14.3 Å². The highest BCUT2D eigenvalue weighted by Crippen LogP contribution is 2.22. The third-order valence-corrected chi connectivity index (χ3v) is 5.14. The molecule has 2 aromatic carbocycles. The molecule has 1 unspecified atom stereocenters. The summed E-state index contributed by atoms with van der Waals surface area (Å²) in [7, 11) is 0. The smallest absolute Gasteiger partial charge is 0.306 e. The van der Waals surface area contributed by atoms with Crippen molar-refractivity contribution in [2.75, 3.05) is 0 Å². The van der Waals surface area contributed by atoms with Gasteiger partial charge in [-0.3, -0.25) is 4.79 Å². The molecule has 0 radical (unpaired) electrons. The first-order valence-corrected chi connectivity index (χ1v) is 11.1. The molecule has 0 aromatic heterocycles. The highest BCUT2D eigenvalue weighted by atomic mass is 16.5.